The molecule has 1 aromatic rings. The highest BCUT2D eigenvalue weighted by molar-refractivity contribution is 5.75. The second-order valence-electron chi connectivity index (χ2n) is 5.91. The summed E-state index contributed by atoms with van der Waals surface area (Å²) >= 11 is 0. The molecular weight excluding hydrogens is 254 g/mol. The fraction of sp³-hybridized carbons (Fsp3) is 0.562. The van der Waals surface area contributed by atoms with Crippen molar-refractivity contribution in [3.05, 3.63) is 35.9 Å². The van der Waals surface area contributed by atoms with Gasteiger partial charge in [0.05, 0.1) is 19.1 Å². The number of esters is 1. The molecule has 5 atom stereocenters. The number of piperidine rings is 1. The van der Waals surface area contributed by atoms with Gasteiger partial charge >= 0.3 is 5.97 Å². The summed E-state index contributed by atoms with van der Waals surface area (Å²) < 4.78 is 5.03. The van der Waals surface area contributed by atoms with Crippen LogP contribution in [0.15, 0.2) is 30.3 Å². The Morgan fingerprint density at radius 2 is 1.95 bits per heavy atom. The highest BCUT2D eigenvalue weighted by atomic mass is 16.5. The molecule has 2 aliphatic heterocycles. The third-order valence-electron chi connectivity index (χ3n) is 5.02. The van der Waals surface area contributed by atoms with E-state index in [1.807, 2.05) is 25.2 Å². The predicted molar refractivity (Wildman–Crippen MR) is 75.3 cm³/mol. The Hall–Kier alpha value is -1.39. The number of ether oxygens (including phenoxy) is 1. The molecule has 2 bridgehead atoms. The van der Waals surface area contributed by atoms with E-state index in [0.717, 1.165) is 6.42 Å². The lowest BCUT2D eigenvalue weighted by molar-refractivity contribution is -0.150. The Bertz CT molecular complexity index is 490. The molecule has 2 aliphatic rings. The van der Waals surface area contributed by atoms with E-state index in [9.17, 15) is 9.90 Å². The molecule has 0 aromatic heterocycles. The highest BCUT2D eigenvalue weighted by Gasteiger charge is 2.53. The minimum absolute atomic E-state index is 0.0707. The summed E-state index contributed by atoms with van der Waals surface area (Å²) in [5.41, 5.74) is 1.17. The number of carbonyl (C=O) groups is 1. The quantitative estimate of drug-likeness (QED) is 0.829. The molecule has 4 nitrogen and oxygen atoms in total. The maximum atomic E-state index is 12.3. The van der Waals surface area contributed by atoms with Gasteiger partial charge in [0.25, 0.3) is 0 Å². The summed E-state index contributed by atoms with van der Waals surface area (Å²) in [4.78, 5) is 14.4. The van der Waals surface area contributed by atoms with E-state index in [1.165, 1.54) is 12.7 Å². The van der Waals surface area contributed by atoms with Gasteiger partial charge in [0.2, 0.25) is 0 Å². The van der Waals surface area contributed by atoms with Gasteiger partial charge in [0, 0.05) is 18.0 Å². The number of fused-ring (bicyclic) bond motifs is 2. The number of carbonyl (C=O) groups excluding carboxylic acids is 1. The Kier molecular flexibility index (Phi) is 3.52. The Labute approximate surface area is 119 Å². The molecule has 0 radical (unpaired) electrons. The van der Waals surface area contributed by atoms with Crippen molar-refractivity contribution in [2.75, 3.05) is 14.2 Å². The van der Waals surface area contributed by atoms with Crippen LogP contribution in [0.4, 0.5) is 0 Å². The van der Waals surface area contributed by atoms with Gasteiger partial charge in [-0.3, -0.25) is 9.69 Å². The van der Waals surface area contributed by atoms with E-state index in [1.54, 1.807) is 0 Å². The molecule has 1 aromatic carbocycles. The van der Waals surface area contributed by atoms with E-state index in [2.05, 4.69) is 17.0 Å². The third-order valence-corrected chi connectivity index (χ3v) is 5.02. The lowest BCUT2D eigenvalue weighted by Gasteiger charge is -2.41. The normalized spacial score (nSPS) is 36.9. The molecule has 2 heterocycles. The van der Waals surface area contributed by atoms with Crippen LogP contribution in [0.1, 0.15) is 24.3 Å². The van der Waals surface area contributed by atoms with Gasteiger partial charge in [0.15, 0.2) is 0 Å². The molecule has 0 amide bonds. The minimum atomic E-state index is -0.342. The van der Waals surface area contributed by atoms with Crippen molar-refractivity contribution in [2.24, 2.45) is 5.92 Å². The van der Waals surface area contributed by atoms with E-state index in [-0.39, 0.29) is 36.0 Å². The summed E-state index contributed by atoms with van der Waals surface area (Å²) in [7, 11) is 3.45. The van der Waals surface area contributed by atoms with Crippen molar-refractivity contribution in [3.8, 4) is 0 Å². The van der Waals surface area contributed by atoms with Crippen LogP contribution in [0.25, 0.3) is 0 Å². The van der Waals surface area contributed by atoms with Gasteiger partial charge in [-0.15, -0.1) is 0 Å². The molecule has 2 unspecified atom stereocenters. The van der Waals surface area contributed by atoms with Gasteiger partial charge < -0.3 is 9.84 Å². The second-order valence-corrected chi connectivity index (χ2v) is 5.91. The number of benzene rings is 1. The first-order valence-electron chi connectivity index (χ1n) is 7.16. The molecular formula is C16H21NO3. The van der Waals surface area contributed by atoms with Crippen LogP contribution in [-0.2, 0) is 9.53 Å². The van der Waals surface area contributed by atoms with E-state index in [0.29, 0.717) is 6.42 Å². The predicted octanol–water partition coefficient (Wildman–Crippen LogP) is 1.40. The van der Waals surface area contributed by atoms with E-state index >= 15 is 0 Å². The first kappa shape index (κ1) is 13.6. The molecule has 3 rings (SSSR count). The average Bonchev–Trinajstić information content (AvgIpc) is 2.66. The number of hydrogen-bond acceptors (Lipinski definition) is 4. The van der Waals surface area contributed by atoms with Gasteiger partial charge in [0.1, 0.15) is 0 Å². The van der Waals surface area contributed by atoms with Crippen molar-refractivity contribution in [3.63, 3.8) is 0 Å². The molecule has 20 heavy (non-hydrogen) atoms. The molecule has 0 saturated carbocycles. The number of methoxy groups -OCH3 is 1. The number of rotatable bonds is 2. The van der Waals surface area contributed by atoms with Gasteiger partial charge in [-0.1, -0.05) is 30.3 Å². The zero-order valence-electron chi connectivity index (χ0n) is 11.9. The Balaban J connectivity index is 1.98. The smallest absolute Gasteiger partial charge is 0.310 e. The fourth-order valence-electron chi connectivity index (χ4n) is 3.99. The van der Waals surface area contributed by atoms with Crippen LogP contribution >= 0.6 is 0 Å². The highest BCUT2D eigenvalue weighted by Crippen LogP contribution is 2.46. The SMILES string of the molecule is COC(=O)[C@@H]1C2C[C@H](O)C(C[C@@H]1c1ccccc1)N2C. The lowest BCUT2D eigenvalue weighted by Crippen LogP contribution is -2.49. The van der Waals surface area contributed by atoms with E-state index < -0.39 is 0 Å². The fourth-order valence-corrected chi connectivity index (χ4v) is 3.99. The molecule has 0 spiro atoms. The maximum Gasteiger partial charge on any atom is 0.310 e. The van der Waals surface area contributed by atoms with Gasteiger partial charge in [-0.25, -0.2) is 0 Å². The van der Waals surface area contributed by atoms with Crippen molar-refractivity contribution in [1.29, 1.82) is 0 Å². The largest absolute Gasteiger partial charge is 0.469 e. The molecule has 1 N–H and O–H groups in total. The van der Waals surface area contributed by atoms with Crippen LogP contribution in [0.3, 0.4) is 0 Å². The van der Waals surface area contributed by atoms with Crippen molar-refractivity contribution < 1.29 is 14.6 Å². The Morgan fingerprint density at radius 1 is 1.25 bits per heavy atom. The number of aliphatic hydroxyl groups excluding tert-OH is 1. The monoisotopic (exact) mass is 275 g/mol. The van der Waals surface area contributed by atoms with Crippen LogP contribution in [0, 0.1) is 5.92 Å². The first-order chi connectivity index (χ1) is 9.63. The third kappa shape index (κ3) is 2.03. The molecule has 4 heteroatoms. The molecule has 0 aliphatic carbocycles. The Morgan fingerprint density at radius 3 is 2.60 bits per heavy atom. The molecule has 108 valence electrons. The average molecular weight is 275 g/mol. The zero-order chi connectivity index (χ0) is 14.3. The second kappa shape index (κ2) is 5.19. The van der Waals surface area contributed by atoms with Gasteiger partial charge in [-0.2, -0.15) is 0 Å². The summed E-state index contributed by atoms with van der Waals surface area (Å²) in [6.45, 7) is 0. The maximum absolute atomic E-state index is 12.3. The summed E-state index contributed by atoms with van der Waals surface area (Å²) in [6.07, 6.45) is 1.12. The minimum Gasteiger partial charge on any atom is -0.469 e. The van der Waals surface area contributed by atoms with Gasteiger partial charge in [-0.05, 0) is 25.5 Å². The van der Waals surface area contributed by atoms with Crippen LogP contribution in [0.5, 0.6) is 0 Å². The topological polar surface area (TPSA) is 49.8 Å². The summed E-state index contributed by atoms with van der Waals surface area (Å²) in [6, 6.07) is 10.3. The van der Waals surface area contributed by atoms with E-state index in [4.69, 9.17) is 4.74 Å². The molecule has 2 saturated heterocycles. The van der Waals surface area contributed by atoms with Crippen molar-refractivity contribution in [1.82, 2.24) is 4.90 Å². The zero-order valence-corrected chi connectivity index (χ0v) is 11.9. The summed E-state index contributed by atoms with van der Waals surface area (Å²) in [5.74, 6) is -0.226. The van der Waals surface area contributed by atoms with Crippen LogP contribution in [0.2, 0.25) is 0 Å². The van der Waals surface area contributed by atoms with Crippen LogP contribution in [-0.4, -0.2) is 48.3 Å². The number of aliphatic hydroxyl groups is 1. The number of likely N-dealkylation sites (N-methyl/N-ethyl adjacent to an activating group) is 1. The lowest BCUT2D eigenvalue weighted by atomic mass is 9.76. The standard InChI is InChI=1S/C16H21NO3/c1-17-12-8-11(10-6-4-3-5-7-10)15(16(19)20-2)13(17)9-14(12)18/h3-7,11-15,18H,8-9H2,1-2H3/t11-,12?,13?,14+,15+/m1/s1. The number of hydrogen-bond donors (Lipinski definition) is 1. The van der Waals surface area contributed by atoms with Crippen molar-refractivity contribution >= 4 is 5.97 Å². The van der Waals surface area contributed by atoms with Crippen LogP contribution < -0.4 is 0 Å². The summed E-state index contributed by atoms with van der Waals surface area (Å²) in [5, 5.41) is 10.2. The first-order valence-corrected chi connectivity index (χ1v) is 7.16. The van der Waals surface area contributed by atoms with Crippen molar-refractivity contribution in [2.45, 2.75) is 36.9 Å². The molecule has 2 fully saturated rings. The number of nitrogens with zero attached hydrogens (tertiary/aromatic N) is 1.